The van der Waals surface area contributed by atoms with Crippen LogP contribution in [0.1, 0.15) is 145 Å². The fraction of sp³-hybridized carbons (Fsp3) is 0.591. The Morgan fingerprint density at radius 2 is 1.02 bits per heavy atom. The lowest BCUT2D eigenvalue weighted by Gasteiger charge is -2.47. The summed E-state index contributed by atoms with van der Waals surface area (Å²) in [5.74, 6) is 1.95. The summed E-state index contributed by atoms with van der Waals surface area (Å²) < 4.78 is 0. The van der Waals surface area contributed by atoms with Gasteiger partial charge >= 0.3 is 0 Å². The second-order valence-electron chi connectivity index (χ2n) is 18.7. The van der Waals surface area contributed by atoms with Gasteiger partial charge < -0.3 is 9.97 Å². The number of aliphatic imine (C=N–C) groups is 2. The zero-order chi connectivity index (χ0) is 35.4. The van der Waals surface area contributed by atoms with Crippen molar-refractivity contribution in [3.63, 3.8) is 0 Å². The number of H-pyrrole nitrogens is 2. The maximum atomic E-state index is 5.62. The lowest BCUT2D eigenvalue weighted by atomic mass is 9.58. The van der Waals surface area contributed by atoms with Crippen LogP contribution in [0.2, 0.25) is 0 Å². The first kappa shape index (κ1) is 36.1. The van der Waals surface area contributed by atoms with Gasteiger partial charge in [-0.1, -0.05) is 96.9 Å². The van der Waals surface area contributed by atoms with Crippen LogP contribution in [0.5, 0.6) is 0 Å². The Kier molecular flexibility index (Phi) is 9.76. The SMILES string of the molecule is CC(C)C/C1=C2\C=CC(=N2)C(CC(C)C)(C(C)(C)C)c2ccc([nH]2)C(CC(C)C)(C(C)(C)C)c2ccc([nH]2)/C(CC(C)C)=C2/C=CC1=N2. The number of nitrogens with zero attached hydrogens (tertiary/aromatic N) is 2. The highest BCUT2D eigenvalue weighted by Crippen LogP contribution is 2.54. The molecule has 260 valence electrons. The van der Waals surface area contributed by atoms with Crippen molar-refractivity contribution >= 4 is 17.0 Å². The van der Waals surface area contributed by atoms with Gasteiger partial charge in [-0.2, -0.15) is 0 Å². The topological polar surface area (TPSA) is 56.3 Å². The molecule has 0 spiro atoms. The predicted octanol–water partition coefficient (Wildman–Crippen LogP) is 12.1. The van der Waals surface area contributed by atoms with Crippen LogP contribution >= 0.6 is 0 Å². The molecule has 0 saturated heterocycles. The molecule has 4 nitrogen and oxygen atoms in total. The Morgan fingerprint density at radius 3 is 1.58 bits per heavy atom. The summed E-state index contributed by atoms with van der Waals surface area (Å²) in [6, 6.07) is 9.51. The molecule has 0 aromatic carbocycles. The third kappa shape index (κ3) is 6.34. The minimum absolute atomic E-state index is 0.0776. The second-order valence-corrected chi connectivity index (χ2v) is 18.7. The molecular weight excluding hydrogens is 585 g/mol. The minimum atomic E-state index is -0.317. The highest BCUT2D eigenvalue weighted by atomic mass is 14.9. The monoisotopic (exact) mass is 649 g/mol. The largest absolute Gasteiger partial charge is 0.361 e. The Balaban J connectivity index is 1.95. The molecule has 2 unspecified atom stereocenters. The number of aromatic nitrogens is 2. The number of aromatic amines is 2. The first-order valence-electron chi connectivity index (χ1n) is 18.7. The van der Waals surface area contributed by atoms with E-state index in [0.717, 1.165) is 48.5 Å². The van der Waals surface area contributed by atoms with E-state index in [0.29, 0.717) is 23.7 Å². The predicted molar refractivity (Wildman–Crippen MR) is 208 cm³/mol. The van der Waals surface area contributed by atoms with E-state index in [-0.39, 0.29) is 21.7 Å². The smallest absolute Gasteiger partial charge is 0.0691 e. The Morgan fingerprint density at radius 1 is 0.542 bits per heavy atom. The van der Waals surface area contributed by atoms with Crippen molar-refractivity contribution in [2.45, 2.75) is 133 Å². The highest BCUT2D eigenvalue weighted by Gasteiger charge is 2.52. The van der Waals surface area contributed by atoms with Crippen LogP contribution in [0.4, 0.5) is 0 Å². The Bertz CT molecular complexity index is 1690. The normalized spacial score (nSPS) is 26.1. The van der Waals surface area contributed by atoms with Crippen LogP contribution in [0.15, 0.2) is 75.5 Å². The molecule has 4 heteroatoms. The number of hydrogen-bond donors (Lipinski definition) is 2. The van der Waals surface area contributed by atoms with Gasteiger partial charge in [-0.25, -0.2) is 4.99 Å². The number of fused-ring (bicyclic) bond motifs is 6. The van der Waals surface area contributed by atoms with Crippen molar-refractivity contribution in [3.05, 3.63) is 88.3 Å². The number of allylic oxidation sites excluding steroid dienone is 6. The number of rotatable bonds is 8. The molecule has 2 atom stereocenters. The fourth-order valence-electron chi connectivity index (χ4n) is 8.84. The van der Waals surface area contributed by atoms with E-state index in [9.17, 15) is 0 Å². The van der Waals surface area contributed by atoms with E-state index in [4.69, 9.17) is 9.98 Å². The van der Waals surface area contributed by atoms with E-state index in [1.807, 2.05) is 0 Å². The molecule has 3 aliphatic heterocycles. The summed E-state index contributed by atoms with van der Waals surface area (Å²) in [7, 11) is 0. The molecular formula is C44H64N4. The zero-order valence-electron chi connectivity index (χ0n) is 32.7. The van der Waals surface area contributed by atoms with Gasteiger partial charge in [-0.15, -0.1) is 0 Å². The molecule has 5 heterocycles. The van der Waals surface area contributed by atoms with E-state index in [1.54, 1.807) is 0 Å². The molecule has 0 radical (unpaired) electrons. The molecule has 0 fully saturated rings. The Labute approximate surface area is 292 Å². The molecule has 0 saturated carbocycles. The Hall–Kier alpha value is -3.14. The first-order chi connectivity index (χ1) is 22.3. The van der Waals surface area contributed by atoms with Crippen molar-refractivity contribution in [2.75, 3.05) is 0 Å². The van der Waals surface area contributed by atoms with Crippen molar-refractivity contribution < 1.29 is 0 Å². The summed E-state index contributed by atoms with van der Waals surface area (Å²) in [6.45, 7) is 33.1. The molecule has 8 bridgehead atoms. The summed E-state index contributed by atoms with van der Waals surface area (Å²) in [4.78, 5) is 19.3. The van der Waals surface area contributed by atoms with Crippen LogP contribution in [0.3, 0.4) is 0 Å². The average molecular weight is 649 g/mol. The molecule has 2 aromatic heterocycles. The zero-order valence-corrected chi connectivity index (χ0v) is 32.7. The number of hydrogen-bond acceptors (Lipinski definition) is 2. The van der Waals surface area contributed by atoms with Crippen LogP contribution in [0.25, 0.3) is 5.57 Å². The third-order valence-corrected chi connectivity index (χ3v) is 10.9. The van der Waals surface area contributed by atoms with Gasteiger partial charge in [0.1, 0.15) is 0 Å². The van der Waals surface area contributed by atoms with Crippen molar-refractivity contribution in [1.29, 1.82) is 0 Å². The lowest BCUT2D eigenvalue weighted by molar-refractivity contribution is 0.180. The molecule has 5 rings (SSSR count). The van der Waals surface area contributed by atoms with Crippen LogP contribution < -0.4 is 0 Å². The molecule has 2 N–H and O–H groups in total. The van der Waals surface area contributed by atoms with E-state index in [2.05, 4.69) is 155 Å². The van der Waals surface area contributed by atoms with Gasteiger partial charge in [-0.3, -0.25) is 4.99 Å². The van der Waals surface area contributed by atoms with Gasteiger partial charge in [0.15, 0.2) is 0 Å². The molecule has 3 aliphatic rings. The first-order valence-corrected chi connectivity index (χ1v) is 18.7. The van der Waals surface area contributed by atoms with E-state index < -0.39 is 0 Å². The molecule has 48 heavy (non-hydrogen) atoms. The fourth-order valence-corrected chi connectivity index (χ4v) is 8.84. The molecule has 0 amide bonds. The minimum Gasteiger partial charge on any atom is -0.361 e. The quantitative estimate of drug-likeness (QED) is 0.286. The van der Waals surface area contributed by atoms with Gasteiger partial charge in [0, 0.05) is 33.9 Å². The summed E-state index contributed by atoms with van der Waals surface area (Å²) in [5, 5.41) is 0. The summed E-state index contributed by atoms with van der Waals surface area (Å²) in [5.41, 5.74) is 11.1. The lowest BCUT2D eigenvalue weighted by Crippen LogP contribution is -2.48. The van der Waals surface area contributed by atoms with E-state index in [1.165, 1.54) is 33.9 Å². The summed E-state index contributed by atoms with van der Waals surface area (Å²) in [6.07, 6.45) is 13.0. The highest BCUT2D eigenvalue weighted by molar-refractivity contribution is 6.14. The van der Waals surface area contributed by atoms with Gasteiger partial charge in [0.05, 0.1) is 33.6 Å². The van der Waals surface area contributed by atoms with Crippen molar-refractivity contribution in [1.82, 2.24) is 9.97 Å². The molecule has 2 aromatic rings. The van der Waals surface area contributed by atoms with Crippen LogP contribution in [0, 0.1) is 34.5 Å². The van der Waals surface area contributed by atoms with Gasteiger partial charge in [-0.05, 0) is 109 Å². The number of nitrogens with one attached hydrogen (secondary N) is 2. The van der Waals surface area contributed by atoms with Gasteiger partial charge in [0.2, 0.25) is 0 Å². The third-order valence-electron chi connectivity index (χ3n) is 10.9. The van der Waals surface area contributed by atoms with E-state index >= 15 is 0 Å². The average Bonchev–Trinajstić information content (AvgIpc) is 3.77. The maximum absolute atomic E-state index is 5.62. The van der Waals surface area contributed by atoms with Crippen LogP contribution in [-0.4, -0.2) is 21.4 Å². The second kappa shape index (κ2) is 13.0. The van der Waals surface area contributed by atoms with Gasteiger partial charge in [0.25, 0.3) is 0 Å². The maximum Gasteiger partial charge on any atom is 0.0691 e. The van der Waals surface area contributed by atoms with Crippen molar-refractivity contribution in [2.24, 2.45) is 44.5 Å². The molecule has 0 aliphatic carbocycles. The standard InChI is InChI=1S/C44H64N4/c1-27(2)23-31-33-15-16-34(45-33)32(24-28(3)4)36-18-20-38(47-36)44(26-30(7)8,42(12,13)14)40-22-21-39(48-40)43(25-29(5)6,41(9,10)11)37-19-17-35(31)46-37/h15-22,27-30,46,48H,23-26H2,1-14H3/b33-31-,36-32-. The summed E-state index contributed by atoms with van der Waals surface area (Å²) >= 11 is 0. The van der Waals surface area contributed by atoms with Crippen molar-refractivity contribution in [3.8, 4) is 0 Å². The van der Waals surface area contributed by atoms with Crippen LogP contribution in [-0.2, 0) is 10.8 Å².